The maximum atomic E-state index is 13.0. The van der Waals surface area contributed by atoms with E-state index in [1.807, 2.05) is 0 Å². The van der Waals surface area contributed by atoms with Crippen molar-refractivity contribution < 1.29 is 18.4 Å². The van der Waals surface area contributed by atoms with Gasteiger partial charge >= 0.3 is 6.18 Å². The average molecular weight is 348 g/mol. The van der Waals surface area contributed by atoms with Crippen LogP contribution >= 0.6 is 0 Å². The van der Waals surface area contributed by atoms with Crippen LogP contribution in [0.2, 0.25) is 0 Å². The summed E-state index contributed by atoms with van der Waals surface area (Å²) >= 11 is 0. The van der Waals surface area contributed by atoms with E-state index in [-0.39, 0.29) is 5.84 Å². The Bertz CT molecular complexity index is 989. The molecule has 0 amide bonds. The van der Waals surface area contributed by atoms with E-state index in [4.69, 9.17) is 10.9 Å². The highest BCUT2D eigenvalue weighted by Crippen LogP contribution is 2.33. The smallest absolute Gasteiger partial charge is 0.409 e. The third kappa shape index (κ3) is 2.69. The molecule has 0 unspecified atom stereocenters. The maximum Gasteiger partial charge on any atom is 0.416 e. The molecule has 0 saturated heterocycles. The lowest BCUT2D eigenvalue weighted by atomic mass is 10.1. The summed E-state index contributed by atoms with van der Waals surface area (Å²) < 4.78 is 40.8. The van der Waals surface area contributed by atoms with Gasteiger partial charge in [0.15, 0.2) is 5.84 Å². The van der Waals surface area contributed by atoms with Crippen LogP contribution in [0.15, 0.2) is 41.7 Å². The molecule has 25 heavy (non-hydrogen) atoms. The van der Waals surface area contributed by atoms with Crippen LogP contribution in [0.1, 0.15) is 22.4 Å². The van der Waals surface area contributed by atoms with Gasteiger partial charge in [-0.25, -0.2) is 4.98 Å². The number of halogens is 3. The van der Waals surface area contributed by atoms with Crippen molar-refractivity contribution in [2.75, 3.05) is 0 Å². The molecule has 0 spiro atoms. The van der Waals surface area contributed by atoms with Gasteiger partial charge in [-0.3, -0.25) is 4.40 Å². The standard InChI is InChI=1S/C17H15F3N4O/c1-9-10(2)24-13(6-7-22-16(24)14(9)15(21)23-25)11-4-3-5-12(8-11)17(18,19)20/h3-8,25H,1-2H3,(H2,21,23). The molecule has 0 radical (unpaired) electrons. The van der Waals surface area contributed by atoms with Crippen molar-refractivity contribution >= 4 is 11.5 Å². The Balaban J connectivity index is 2.33. The molecule has 0 aliphatic carbocycles. The van der Waals surface area contributed by atoms with Crippen LogP contribution in [0.25, 0.3) is 16.9 Å². The van der Waals surface area contributed by atoms with Crippen LogP contribution in [0.4, 0.5) is 13.2 Å². The fourth-order valence-corrected chi connectivity index (χ4v) is 2.89. The van der Waals surface area contributed by atoms with E-state index in [2.05, 4.69) is 10.1 Å². The number of hydrogen-bond donors (Lipinski definition) is 2. The number of aryl methyl sites for hydroxylation is 1. The Morgan fingerprint density at radius 1 is 1.24 bits per heavy atom. The second-order valence-electron chi connectivity index (χ2n) is 5.64. The van der Waals surface area contributed by atoms with Gasteiger partial charge in [-0.2, -0.15) is 13.2 Å². The molecule has 130 valence electrons. The van der Waals surface area contributed by atoms with E-state index in [1.54, 1.807) is 30.4 Å². The molecule has 3 aromatic rings. The Morgan fingerprint density at radius 3 is 2.60 bits per heavy atom. The number of amidine groups is 1. The zero-order valence-corrected chi connectivity index (χ0v) is 13.5. The molecule has 0 saturated carbocycles. The molecule has 1 aromatic carbocycles. The molecule has 0 atom stereocenters. The van der Waals surface area contributed by atoms with Gasteiger partial charge < -0.3 is 10.9 Å². The topological polar surface area (TPSA) is 75.9 Å². The van der Waals surface area contributed by atoms with E-state index < -0.39 is 11.7 Å². The first-order valence-corrected chi connectivity index (χ1v) is 7.38. The molecule has 0 aliphatic rings. The number of nitrogens with zero attached hydrogens (tertiary/aromatic N) is 3. The summed E-state index contributed by atoms with van der Waals surface area (Å²) in [6.45, 7) is 3.59. The van der Waals surface area contributed by atoms with Gasteiger partial charge in [0.25, 0.3) is 0 Å². The lowest BCUT2D eigenvalue weighted by Gasteiger charge is -2.11. The van der Waals surface area contributed by atoms with Crippen LogP contribution in [0.3, 0.4) is 0 Å². The summed E-state index contributed by atoms with van der Waals surface area (Å²) in [7, 11) is 0. The van der Waals surface area contributed by atoms with Crippen LogP contribution in [0.5, 0.6) is 0 Å². The van der Waals surface area contributed by atoms with Gasteiger partial charge in [0.05, 0.1) is 16.8 Å². The van der Waals surface area contributed by atoms with Crippen LogP contribution in [-0.2, 0) is 6.18 Å². The van der Waals surface area contributed by atoms with Crippen LogP contribution in [0, 0.1) is 13.8 Å². The number of nitrogens with two attached hydrogens (primary N) is 1. The number of hydrogen-bond acceptors (Lipinski definition) is 3. The summed E-state index contributed by atoms with van der Waals surface area (Å²) in [4.78, 5) is 4.26. The minimum Gasteiger partial charge on any atom is -0.409 e. The fourth-order valence-electron chi connectivity index (χ4n) is 2.89. The maximum absolute atomic E-state index is 13.0. The van der Waals surface area contributed by atoms with Gasteiger partial charge in [-0.15, -0.1) is 0 Å². The van der Waals surface area contributed by atoms with E-state index >= 15 is 0 Å². The first-order valence-electron chi connectivity index (χ1n) is 7.38. The van der Waals surface area contributed by atoms with E-state index in [1.165, 1.54) is 12.3 Å². The third-order valence-corrected chi connectivity index (χ3v) is 4.21. The van der Waals surface area contributed by atoms with Crippen molar-refractivity contribution in [3.63, 3.8) is 0 Å². The van der Waals surface area contributed by atoms with Gasteiger partial charge in [0.1, 0.15) is 5.65 Å². The fraction of sp³-hybridized carbons (Fsp3) is 0.176. The number of oxime groups is 1. The highest BCUT2D eigenvalue weighted by molar-refractivity contribution is 6.04. The molecule has 2 heterocycles. The molecule has 2 aromatic heterocycles. The van der Waals surface area contributed by atoms with E-state index in [0.717, 1.165) is 23.4 Å². The minimum atomic E-state index is -4.43. The van der Waals surface area contributed by atoms with Gasteiger partial charge in [0, 0.05) is 11.9 Å². The summed E-state index contributed by atoms with van der Waals surface area (Å²) in [5, 5.41) is 12.0. The average Bonchev–Trinajstić information content (AvgIpc) is 2.85. The highest BCUT2D eigenvalue weighted by atomic mass is 19.4. The zero-order chi connectivity index (χ0) is 18.4. The Morgan fingerprint density at radius 2 is 1.96 bits per heavy atom. The molecule has 0 bridgehead atoms. The number of benzene rings is 1. The van der Waals surface area contributed by atoms with Crippen LogP contribution in [-0.4, -0.2) is 20.4 Å². The molecule has 3 rings (SSSR count). The van der Waals surface area contributed by atoms with Crippen molar-refractivity contribution in [3.05, 3.63) is 58.9 Å². The van der Waals surface area contributed by atoms with E-state index in [0.29, 0.717) is 22.5 Å². The summed E-state index contributed by atoms with van der Waals surface area (Å²) in [5.41, 5.74) is 8.30. The summed E-state index contributed by atoms with van der Waals surface area (Å²) in [6, 6.07) is 6.71. The number of rotatable bonds is 2. The number of aromatic nitrogens is 2. The van der Waals surface area contributed by atoms with Crippen molar-refractivity contribution in [1.29, 1.82) is 0 Å². The molecular formula is C17H15F3N4O. The quantitative estimate of drug-likeness (QED) is 0.321. The molecule has 0 fully saturated rings. The van der Waals surface area contributed by atoms with Gasteiger partial charge in [-0.1, -0.05) is 17.3 Å². The first kappa shape index (κ1) is 16.8. The monoisotopic (exact) mass is 348 g/mol. The Kier molecular flexibility index (Phi) is 3.90. The van der Waals surface area contributed by atoms with Crippen LogP contribution < -0.4 is 5.73 Å². The largest absolute Gasteiger partial charge is 0.416 e. The van der Waals surface area contributed by atoms with Crippen molar-refractivity contribution in [2.24, 2.45) is 10.9 Å². The Labute approximate surface area is 141 Å². The van der Waals surface area contributed by atoms with Crippen molar-refractivity contribution in [2.45, 2.75) is 20.0 Å². The Hall–Kier alpha value is -3.03. The third-order valence-electron chi connectivity index (χ3n) is 4.21. The molecule has 5 nitrogen and oxygen atoms in total. The minimum absolute atomic E-state index is 0.100. The second-order valence-corrected chi connectivity index (χ2v) is 5.64. The lowest BCUT2D eigenvalue weighted by Crippen LogP contribution is -2.14. The van der Waals surface area contributed by atoms with Gasteiger partial charge in [0.2, 0.25) is 0 Å². The lowest BCUT2D eigenvalue weighted by molar-refractivity contribution is -0.137. The zero-order valence-electron chi connectivity index (χ0n) is 13.5. The summed E-state index contributed by atoms with van der Waals surface area (Å²) in [6.07, 6.45) is -2.94. The van der Waals surface area contributed by atoms with E-state index in [9.17, 15) is 13.2 Å². The molecular weight excluding hydrogens is 333 g/mol. The highest BCUT2D eigenvalue weighted by Gasteiger charge is 2.30. The molecule has 3 N–H and O–H groups in total. The predicted molar refractivity (Wildman–Crippen MR) is 87.6 cm³/mol. The van der Waals surface area contributed by atoms with Crippen molar-refractivity contribution in [3.8, 4) is 11.3 Å². The normalized spacial score (nSPS) is 12.8. The summed E-state index contributed by atoms with van der Waals surface area (Å²) in [5.74, 6) is -0.100. The molecule has 8 heteroatoms. The van der Waals surface area contributed by atoms with Gasteiger partial charge in [-0.05, 0) is 43.2 Å². The predicted octanol–water partition coefficient (Wildman–Crippen LogP) is 3.73. The molecule has 0 aliphatic heterocycles. The number of alkyl halides is 3. The van der Waals surface area contributed by atoms with Crippen molar-refractivity contribution in [1.82, 2.24) is 9.38 Å². The second kappa shape index (κ2) is 5.80. The number of fused-ring (bicyclic) bond motifs is 1. The first-order chi connectivity index (χ1) is 11.8. The SMILES string of the molecule is Cc1c(/C(N)=N/O)c2nccc(-c3cccc(C(F)(F)F)c3)n2c1C.